The minimum Gasteiger partial charge on any atom is -0.354 e. The molecule has 1 heterocycles. The van der Waals surface area contributed by atoms with Crippen molar-refractivity contribution in [1.82, 2.24) is 10.3 Å². The van der Waals surface area contributed by atoms with E-state index in [1.165, 1.54) is 12.8 Å². The largest absolute Gasteiger partial charge is 0.354 e. The molecule has 0 spiro atoms. The van der Waals surface area contributed by atoms with Crippen molar-refractivity contribution >= 4 is 5.91 Å². The Bertz CT molecular complexity index is 278. The molecule has 0 unspecified atom stereocenters. The van der Waals surface area contributed by atoms with E-state index in [1.807, 2.05) is 13.0 Å². The topological polar surface area (TPSA) is 42.0 Å². The lowest BCUT2D eigenvalue weighted by atomic mass is 10.3. The quantitative estimate of drug-likeness (QED) is 0.811. The molecule has 1 N–H and O–H groups in total. The summed E-state index contributed by atoms with van der Waals surface area (Å²) in [5, 5.41) is 2.50. The molecule has 0 aliphatic rings. The van der Waals surface area contributed by atoms with Gasteiger partial charge in [0.15, 0.2) is 0 Å². The highest BCUT2D eigenvalue weighted by atomic mass is 16.1. The number of aryl methyl sites for hydroxylation is 1. The Hall–Kier alpha value is -1.38. The molecular weight excluding hydrogens is 188 g/mol. The number of carbonyl (C=O) groups excluding carboxylic acids is 1. The molecule has 1 aromatic rings. The molecule has 0 bridgehead atoms. The highest BCUT2D eigenvalue weighted by Crippen LogP contribution is 1.97. The lowest BCUT2D eigenvalue weighted by molar-refractivity contribution is 0.0958. The maximum absolute atomic E-state index is 11.0. The van der Waals surface area contributed by atoms with E-state index in [0.29, 0.717) is 5.69 Å². The van der Waals surface area contributed by atoms with Gasteiger partial charge in [0, 0.05) is 13.2 Å². The second-order valence-electron chi connectivity index (χ2n) is 3.30. The van der Waals surface area contributed by atoms with Crippen LogP contribution in [0.2, 0.25) is 0 Å². The van der Waals surface area contributed by atoms with Crippen molar-refractivity contribution in [2.45, 2.75) is 33.6 Å². The first-order chi connectivity index (χ1) is 7.15. The van der Waals surface area contributed by atoms with Crippen molar-refractivity contribution < 1.29 is 4.79 Å². The number of nitrogens with one attached hydrogen (secondary N) is 1. The van der Waals surface area contributed by atoms with Crippen LogP contribution in [0.3, 0.4) is 0 Å². The van der Waals surface area contributed by atoms with Crippen LogP contribution in [0.15, 0.2) is 18.3 Å². The Morgan fingerprint density at radius 2 is 1.93 bits per heavy atom. The van der Waals surface area contributed by atoms with E-state index in [-0.39, 0.29) is 5.91 Å². The summed E-state index contributed by atoms with van der Waals surface area (Å²) in [6, 6.07) is 3.56. The van der Waals surface area contributed by atoms with Crippen LogP contribution in [0.25, 0.3) is 0 Å². The van der Waals surface area contributed by atoms with E-state index in [4.69, 9.17) is 0 Å². The fourth-order valence-electron chi connectivity index (χ4n) is 0.730. The Labute approximate surface area is 91.9 Å². The van der Waals surface area contributed by atoms with Crippen molar-refractivity contribution in [2.24, 2.45) is 0 Å². The van der Waals surface area contributed by atoms with Crippen molar-refractivity contribution in [3.8, 4) is 0 Å². The SMILES string of the molecule is CCCC.CNC(=O)c1ccc(C)cn1. The number of amides is 1. The molecule has 1 amide bonds. The standard InChI is InChI=1S/C8H10N2O.C4H10/c1-6-3-4-7(10-5-6)8(11)9-2;1-3-4-2/h3-5H,1-2H3,(H,9,11);3-4H2,1-2H3. The molecular formula is C12H20N2O. The zero-order valence-corrected chi connectivity index (χ0v) is 10.0. The van der Waals surface area contributed by atoms with Gasteiger partial charge in [-0.2, -0.15) is 0 Å². The number of unbranched alkanes of at least 4 members (excludes halogenated alkanes) is 1. The summed E-state index contributed by atoms with van der Waals surface area (Å²) in [5.74, 6) is -0.148. The van der Waals surface area contributed by atoms with Crippen LogP contribution in [0.1, 0.15) is 42.7 Å². The molecule has 0 aliphatic heterocycles. The van der Waals surface area contributed by atoms with Gasteiger partial charge in [-0.3, -0.25) is 9.78 Å². The van der Waals surface area contributed by atoms with Gasteiger partial charge < -0.3 is 5.32 Å². The second-order valence-corrected chi connectivity index (χ2v) is 3.30. The Kier molecular flexibility index (Phi) is 7.24. The second kappa shape index (κ2) is 7.97. The van der Waals surface area contributed by atoms with Crippen molar-refractivity contribution in [2.75, 3.05) is 7.05 Å². The maximum atomic E-state index is 11.0. The molecule has 0 aliphatic carbocycles. The summed E-state index contributed by atoms with van der Waals surface area (Å²) in [6.07, 6.45) is 4.31. The fourth-order valence-corrected chi connectivity index (χ4v) is 0.730. The molecule has 0 atom stereocenters. The Balaban J connectivity index is 0.000000423. The predicted octanol–water partition coefficient (Wildman–Crippen LogP) is 2.56. The number of hydrogen-bond donors (Lipinski definition) is 1. The highest BCUT2D eigenvalue weighted by molar-refractivity contribution is 5.91. The van der Waals surface area contributed by atoms with E-state index in [1.54, 1.807) is 19.3 Å². The first kappa shape index (κ1) is 13.6. The summed E-state index contributed by atoms with van der Waals surface area (Å²) in [7, 11) is 1.59. The van der Waals surface area contributed by atoms with E-state index >= 15 is 0 Å². The van der Waals surface area contributed by atoms with Crippen molar-refractivity contribution in [1.29, 1.82) is 0 Å². The molecule has 1 rings (SSSR count). The third-order valence-electron chi connectivity index (χ3n) is 1.87. The molecule has 0 fully saturated rings. The predicted molar refractivity (Wildman–Crippen MR) is 62.9 cm³/mol. The number of hydrogen-bond acceptors (Lipinski definition) is 2. The number of carbonyl (C=O) groups is 1. The highest BCUT2D eigenvalue weighted by Gasteiger charge is 2.01. The Morgan fingerprint density at radius 3 is 2.27 bits per heavy atom. The van der Waals surface area contributed by atoms with Crippen LogP contribution in [0.4, 0.5) is 0 Å². The number of rotatable bonds is 2. The normalized spacial score (nSPS) is 8.80. The number of pyridine rings is 1. The molecule has 3 nitrogen and oxygen atoms in total. The summed E-state index contributed by atoms with van der Waals surface area (Å²) in [4.78, 5) is 14.9. The van der Waals surface area contributed by atoms with E-state index in [9.17, 15) is 4.79 Å². The van der Waals surface area contributed by atoms with Crippen LogP contribution >= 0.6 is 0 Å². The molecule has 3 heteroatoms. The van der Waals surface area contributed by atoms with Crippen LogP contribution in [0, 0.1) is 6.92 Å². The zero-order chi connectivity index (χ0) is 11.7. The van der Waals surface area contributed by atoms with Crippen LogP contribution in [-0.2, 0) is 0 Å². The monoisotopic (exact) mass is 208 g/mol. The van der Waals surface area contributed by atoms with Gasteiger partial charge in [0.05, 0.1) is 0 Å². The number of nitrogens with zero attached hydrogens (tertiary/aromatic N) is 1. The molecule has 0 aromatic carbocycles. The minimum absolute atomic E-state index is 0.148. The minimum atomic E-state index is -0.148. The van der Waals surface area contributed by atoms with E-state index in [2.05, 4.69) is 24.1 Å². The third-order valence-corrected chi connectivity index (χ3v) is 1.87. The van der Waals surface area contributed by atoms with Crippen LogP contribution in [0.5, 0.6) is 0 Å². The average molecular weight is 208 g/mol. The first-order valence-corrected chi connectivity index (χ1v) is 5.30. The van der Waals surface area contributed by atoms with Crippen LogP contribution in [-0.4, -0.2) is 17.9 Å². The van der Waals surface area contributed by atoms with Gasteiger partial charge in [-0.1, -0.05) is 32.8 Å². The lowest BCUT2D eigenvalue weighted by Gasteiger charge is -1.97. The molecule has 15 heavy (non-hydrogen) atoms. The fraction of sp³-hybridized carbons (Fsp3) is 0.500. The summed E-state index contributed by atoms with van der Waals surface area (Å²) >= 11 is 0. The zero-order valence-electron chi connectivity index (χ0n) is 10.0. The van der Waals surface area contributed by atoms with Gasteiger partial charge in [0.1, 0.15) is 5.69 Å². The van der Waals surface area contributed by atoms with Gasteiger partial charge in [0.25, 0.3) is 5.91 Å². The molecule has 84 valence electrons. The smallest absolute Gasteiger partial charge is 0.269 e. The summed E-state index contributed by atoms with van der Waals surface area (Å²) in [6.45, 7) is 6.29. The van der Waals surface area contributed by atoms with E-state index < -0.39 is 0 Å². The van der Waals surface area contributed by atoms with E-state index in [0.717, 1.165) is 5.56 Å². The first-order valence-electron chi connectivity index (χ1n) is 5.30. The Morgan fingerprint density at radius 1 is 1.33 bits per heavy atom. The molecule has 0 saturated carbocycles. The number of aromatic nitrogens is 1. The van der Waals surface area contributed by atoms with Crippen molar-refractivity contribution in [3.63, 3.8) is 0 Å². The molecule has 0 radical (unpaired) electrons. The van der Waals surface area contributed by atoms with Gasteiger partial charge in [0.2, 0.25) is 0 Å². The van der Waals surface area contributed by atoms with Gasteiger partial charge in [-0.25, -0.2) is 0 Å². The van der Waals surface area contributed by atoms with Gasteiger partial charge in [-0.05, 0) is 18.6 Å². The summed E-state index contributed by atoms with van der Waals surface area (Å²) in [5.41, 5.74) is 1.51. The summed E-state index contributed by atoms with van der Waals surface area (Å²) < 4.78 is 0. The van der Waals surface area contributed by atoms with Gasteiger partial charge >= 0.3 is 0 Å². The maximum Gasteiger partial charge on any atom is 0.269 e. The van der Waals surface area contributed by atoms with Crippen molar-refractivity contribution in [3.05, 3.63) is 29.6 Å². The molecule has 1 aromatic heterocycles. The van der Waals surface area contributed by atoms with Gasteiger partial charge in [-0.15, -0.1) is 0 Å². The third kappa shape index (κ3) is 5.83. The lowest BCUT2D eigenvalue weighted by Crippen LogP contribution is -2.18. The molecule has 0 saturated heterocycles. The average Bonchev–Trinajstić information content (AvgIpc) is 2.29. The van der Waals surface area contributed by atoms with Crippen LogP contribution < -0.4 is 5.32 Å².